The van der Waals surface area contributed by atoms with Gasteiger partial charge in [-0.1, -0.05) is 0 Å². The number of fused-ring (bicyclic) bond motifs is 3. The Hall–Kier alpha value is -3.09. The molecule has 0 atom stereocenters. The molecular weight excluding hydrogens is 312 g/mol. The van der Waals surface area contributed by atoms with E-state index in [0.717, 1.165) is 5.69 Å². The van der Waals surface area contributed by atoms with Gasteiger partial charge in [0, 0.05) is 37.2 Å². The average molecular weight is 328 g/mol. The fraction of sp³-hybridized carbons (Fsp3) is 0.235. The number of aliphatic carboxylic acids is 1. The highest BCUT2D eigenvalue weighted by Gasteiger charge is 2.13. The van der Waals surface area contributed by atoms with Crippen molar-refractivity contribution in [2.45, 2.75) is 12.8 Å². The Labute approximate surface area is 136 Å². The lowest BCUT2D eigenvalue weighted by Gasteiger charge is -2.13. The molecule has 2 heterocycles. The quantitative estimate of drug-likeness (QED) is 0.707. The van der Waals surface area contributed by atoms with Gasteiger partial charge in [0.25, 0.3) is 5.56 Å². The molecule has 0 amide bonds. The highest BCUT2D eigenvalue weighted by molar-refractivity contribution is 6.02. The van der Waals surface area contributed by atoms with Crippen molar-refractivity contribution in [3.05, 3.63) is 50.6 Å². The summed E-state index contributed by atoms with van der Waals surface area (Å²) in [6, 6.07) is 6.86. The standard InChI is InChI=1S/C17H16N2O5/c1-19(2)10-4-5-11-13(8-10)18-16(22)12-7-9(3-6-14(20)21)17(23)24-15(11)12/h4-5,7-8H,3,6H2,1-2H3,(H,18,22)(H,20,21). The molecule has 0 aliphatic rings. The van der Waals surface area contributed by atoms with E-state index >= 15 is 0 Å². The van der Waals surface area contributed by atoms with Crippen LogP contribution in [-0.4, -0.2) is 30.2 Å². The minimum atomic E-state index is -1.02. The van der Waals surface area contributed by atoms with Crippen LogP contribution in [0, 0.1) is 0 Å². The van der Waals surface area contributed by atoms with Gasteiger partial charge in [0.05, 0.1) is 10.9 Å². The first-order chi connectivity index (χ1) is 11.4. The Kier molecular flexibility index (Phi) is 3.84. The molecule has 3 rings (SSSR count). The fourth-order valence-electron chi connectivity index (χ4n) is 2.60. The van der Waals surface area contributed by atoms with Gasteiger partial charge in [0.2, 0.25) is 0 Å². The molecule has 124 valence electrons. The van der Waals surface area contributed by atoms with Crippen LogP contribution in [0.25, 0.3) is 21.9 Å². The predicted octanol–water partition coefficient (Wildman–Crippen LogP) is 1.72. The summed E-state index contributed by atoms with van der Waals surface area (Å²) in [6.45, 7) is 0. The summed E-state index contributed by atoms with van der Waals surface area (Å²) in [5.74, 6) is -1.02. The van der Waals surface area contributed by atoms with Crippen LogP contribution in [0.3, 0.4) is 0 Å². The number of carboxylic acid groups (broad SMARTS) is 1. The zero-order valence-corrected chi connectivity index (χ0v) is 13.3. The van der Waals surface area contributed by atoms with E-state index in [2.05, 4.69) is 4.98 Å². The zero-order valence-electron chi connectivity index (χ0n) is 13.3. The molecule has 0 bridgehead atoms. The number of aromatic nitrogens is 1. The molecule has 0 aliphatic heterocycles. The van der Waals surface area contributed by atoms with Crippen molar-refractivity contribution in [2.24, 2.45) is 0 Å². The van der Waals surface area contributed by atoms with E-state index < -0.39 is 11.6 Å². The lowest BCUT2D eigenvalue weighted by Crippen LogP contribution is -2.14. The summed E-state index contributed by atoms with van der Waals surface area (Å²) in [5, 5.41) is 9.60. The molecule has 0 fully saturated rings. The second-order valence-electron chi connectivity index (χ2n) is 5.77. The van der Waals surface area contributed by atoms with E-state index in [-0.39, 0.29) is 34.9 Å². The monoisotopic (exact) mass is 328 g/mol. The Bertz CT molecular complexity index is 1060. The number of hydrogen-bond donors (Lipinski definition) is 2. The highest BCUT2D eigenvalue weighted by atomic mass is 16.4. The number of anilines is 1. The van der Waals surface area contributed by atoms with Crippen molar-refractivity contribution >= 4 is 33.5 Å². The Morgan fingerprint density at radius 2 is 1.96 bits per heavy atom. The smallest absolute Gasteiger partial charge is 0.339 e. The molecule has 3 aromatic rings. The van der Waals surface area contributed by atoms with E-state index in [0.29, 0.717) is 10.9 Å². The summed E-state index contributed by atoms with van der Waals surface area (Å²) in [7, 11) is 3.77. The molecule has 7 heteroatoms. The Morgan fingerprint density at radius 3 is 2.62 bits per heavy atom. The van der Waals surface area contributed by atoms with E-state index in [9.17, 15) is 14.4 Å². The second-order valence-corrected chi connectivity index (χ2v) is 5.77. The van der Waals surface area contributed by atoms with Gasteiger partial charge in [0.1, 0.15) is 0 Å². The van der Waals surface area contributed by atoms with Crippen molar-refractivity contribution in [3.8, 4) is 0 Å². The molecule has 0 radical (unpaired) electrons. The minimum Gasteiger partial charge on any atom is -0.481 e. The first-order valence-corrected chi connectivity index (χ1v) is 7.38. The maximum atomic E-state index is 12.3. The van der Waals surface area contributed by atoms with Crippen LogP contribution >= 0.6 is 0 Å². The maximum Gasteiger partial charge on any atom is 0.339 e. The Balaban J connectivity index is 2.25. The number of carbonyl (C=O) groups is 1. The number of nitrogens with zero attached hydrogens (tertiary/aromatic N) is 1. The van der Waals surface area contributed by atoms with Crippen molar-refractivity contribution < 1.29 is 14.3 Å². The zero-order chi connectivity index (χ0) is 17.4. The molecule has 1 aromatic carbocycles. The van der Waals surface area contributed by atoms with Gasteiger partial charge >= 0.3 is 11.6 Å². The van der Waals surface area contributed by atoms with Crippen LogP contribution in [0.15, 0.2) is 38.3 Å². The third-order valence-corrected chi connectivity index (χ3v) is 3.89. The number of rotatable bonds is 4. The number of pyridine rings is 1. The van der Waals surface area contributed by atoms with Crippen LogP contribution in [-0.2, 0) is 11.2 Å². The van der Waals surface area contributed by atoms with Gasteiger partial charge in [0.15, 0.2) is 5.58 Å². The number of carboxylic acids is 1. The SMILES string of the molecule is CN(C)c1ccc2c(c1)[nH]c(=O)c1cc(CCC(=O)O)c(=O)oc12. The summed E-state index contributed by atoms with van der Waals surface area (Å²) in [6.07, 6.45) is -0.182. The molecule has 0 unspecified atom stereocenters. The normalized spacial score (nSPS) is 11.1. The van der Waals surface area contributed by atoms with Crippen LogP contribution in [0.4, 0.5) is 5.69 Å². The van der Waals surface area contributed by atoms with E-state index in [1.54, 1.807) is 12.1 Å². The van der Waals surface area contributed by atoms with Crippen LogP contribution in [0.1, 0.15) is 12.0 Å². The van der Waals surface area contributed by atoms with Crippen molar-refractivity contribution in [1.82, 2.24) is 4.98 Å². The molecule has 0 saturated heterocycles. The first-order valence-electron chi connectivity index (χ1n) is 7.38. The minimum absolute atomic E-state index is 0.0185. The second kappa shape index (κ2) is 5.84. The summed E-state index contributed by atoms with van der Waals surface area (Å²) in [5.41, 5.74) is 0.863. The van der Waals surface area contributed by atoms with Gasteiger partial charge in [-0.25, -0.2) is 4.79 Å². The van der Waals surface area contributed by atoms with Gasteiger partial charge in [-0.15, -0.1) is 0 Å². The molecule has 0 spiro atoms. The van der Waals surface area contributed by atoms with Gasteiger partial charge in [-0.2, -0.15) is 0 Å². The average Bonchev–Trinajstić information content (AvgIpc) is 2.52. The summed E-state index contributed by atoms with van der Waals surface area (Å²) >= 11 is 0. The largest absolute Gasteiger partial charge is 0.481 e. The van der Waals surface area contributed by atoms with Gasteiger partial charge in [-0.3, -0.25) is 9.59 Å². The van der Waals surface area contributed by atoms with Crippen LogP contribution in [0.2, 0.25) is 0 Å². The van der Waals surface area contributed by atoms with Crippen LogP contribution < -0.4 is 16.1 Å². The summed E-state index contributed by atoms with van der Waals surface area (Å²) in [4.78, 5) is 39.8. The summed E-state index contributed by atoms with van der Waals surface area (Å²) < 4.78 is 5.34. The lowest BCUT2D eigenvalue weighted by atomic mass is 10.1. The first kappa shape index (κ1) is 15.8. The fourth-order valence-corrected chi connectivity index (χ4v) is 2.60. The molecule has 0 aliphatic carbocycles. The van der Waals surface area contributed by atoms with E-state index in [4.69, 9.17) is 9.52 Å². The number of nitrogens with one attached hydrogen (secondary N) is 1. The number of hydrogen-bond acceptors (Lipinski definition) is 5. The molecule has 24 heavy (non-hydrogen) atoms. The van der Waals surface area contributed by atoms with Gasteiger partial charge in [-0.05, 0) is 30.7 Å². The number of aryl methyl sites for hydroxylation is 1. The molecule has 0 saturated carbocycles. The Morgan fingerprint density at radius 1 is 1.21 bits per heavy atom. The lowest BCUT2D eigenvalue weighted by molar-refractivity contribution is -0.136. The van der Waals surface area contributed by atoms with Crippen molar-refractivity contribution in [2.75, 3.05) is 19.0 Å². The topological polar surface area (TPSA) is 104 Å². The van der Waals surface area contributed by atoms with Crippen LogP contribution in [0.5, 0.6) is 0 Å². The molecular formula is C17H16N2O5. The third-order valence-electron chi connectivity index (χ3n) is 3.89. The number of H-pyrrole nitrogens is 1. The predicted molar refractivity (Wildman–Crippen MR) is 90.9 cm³/mol. The number of aromatic amines is 1. The third kappa shape index (κ3) is 2.76. The number of benzene rings is 1. The van der Waals surface area contributed by atoms with Crippen molar-refractivity contribution in [1.29, 1.82) is 0 Å². The van der Waals surface area contributed by atoms with E-state index in [1.165, 1.54) is 6.07 Å². The maximum absolute atomic E-state index is 12.3. The molecule has 2 aromatic heterocycles. The van der Waals surface area contributed by atoms with Gasteiger partial charge < -0.3 is 19.4 Å². The molecule has 7 nitrogen and oxygen atoms in total. The van der Waals surface area contributed by atoms with Crippen molar-refractivity contribution in [3.63, 3.8) is 0 Å². The molecule has 2 N–H and O–H groups in total. The van der Waals surface area contributed by atoms with E-state index in [1.807, 2.05) is 25.1 Å². The highest BCUT2D eigenvalue weighted by Crippen LogP contribution is 2.24.